The first-order chi connectivity index (χ1) is 12.8. The Morgan fingerprint density at radius 1 is 0.846 bits per heavy atom. The molecule has 1 heteroatoms. The van der Waals surface area contributed by atoms with Crippen molar-refractivity contribution in [2.75, 3.05) is 6.61 Å². The zero-order valence-electron chi connectivity index (χ0n) is 16.1. The van der Waals surface area contributed by atoms with Crippen LogP contribution in [0.25, 0.3) is 0 Å². The highest BCUT2D eigenvalue weighted by Gasteiger charge is 2.23. The number of rotatable bonds is 8. The predicted octanol–water partition coefficient (Wildman–Crippen LogP) is 6.78. The van der Waals surface area contributed by atoms with E-state index in [-0.39, 0.29) is 0 Å². The molecule has 138 valence electrons. The van der Waals surface area contributed by atoms with Crippen LogP contribution in [0.15, 0.2) is 61.2 Å². The maximum Gasteiger partial charge on any atom is 0.0716 e. The highest BCUT2D eigenvalue weighted by atomic mass is 16.5. The average Bonchev–Trinajstić information content (AvgIpc) is 2.70. The zero-order chi connectivity index (χ0) is 18.2. The van der Waals surface area contributed by atoms with Gasteiger partial charge in [0.25, 0.3) is 0 Å². The third-order valence-electron chi connectivity index (χ3n) is 5.63. The molecule has 0 N–H and O–H groups in total. The molecule has 0 unspecified atom stereocenters. The lowest BCUT2D eigenvalue weighted by Crippen LogP contribution is -2.12. The molecule has 1 aliphatic rings. The van der Waals surface area contributed by atoms with Gasteiger partial charge in [0, 0.05) is 6.61 Å². The van der Waals surface area contributed by atoms with Crippen molar-refractivity contribution >= 4 is 0 Å². The summed E-state index contributed by atoms with van der Waals surface area (Å²) in [6.07, 6.45) is 9.21. The number of hydrogen-bond acceptors (Lipinski definition) is 1. The fourth-order valence-electron chi connectivity index (χ4n) is 4.07. The van der Waals surface area contributed by atoms with Gasteiger partial charge in [-0.3, -0.25) is 0 Å². The minimum atomic E-state index is 0.719. The van der Waals surface area contributed by atoms with Gasteiger partial charge in [0.1, 0.15) is 0 Å². The Hall–Kier alpha value is -1.86. The molecule has 0 saturated heterocycles. The Bertz CT molecular complexity index is 660. The smallest absolute Gasteiger partial charge is 0.0716 e. The van der Waals surface area contributed by atoms with Crippen LogP contribution in [0.2, 0.25) is 0 Å². The third kappa shape index (κ3) is 5.08. The van der Waals surface area contributed by atoms with Crippen molar-refractivity contribution in [3.8, 4) is 0 Å². The van der Waals surface area contributed by atoms with E-state index < -0.39 is 0 Å². The first kappa shape index (κ1) is 18.9. The summed E-state index contributed by atoms with van der Waals surface area (Å²) in [7, 11) is 0. The monoisotopic (exact) mass is 348 g/mol. The van der Waals surface area contributed by atoms with E-state index >= 15 is 0 Å². The number of hydrogen-bond donors (Lipinski definition) is 0. The van der Waals surface area contributed by atoms with Gasteiger partial charge in [0.05, 0.1) is 6.61 Å². The Kier molecular flexibility index (Phi) is 7.08. The predicted molar refractivity (Wildman–Crippen MR) is 111 cm³/mol. The molecule has 0 bridgehead atoms. The van der Waals surface area contributed by atoms with Gasteiger partial charge in [-0.05, 0) is 72.6 Å². The molecular formula is C25H32O. The van der Waals surface area contributed by atoms with Gasteiger partial charge < -0.3 is 4.74 Å². The third-order valence-corrected chi connectivity index (χ3v) is 5.63. The molecule has 0 aliphatic heterocycles. The number of ether oxygens (including phenoxy) is 1. The molecule has 0 atom stereocenters. The van der Waals surface area contributed by atoms with Gasteiger partial charge in [0.2, 0.25) is 0 Å². The summed E-state index contributed by atoms with van der Waals surface area (Å²) in [5.74, 6) is 1.45. The fraction of sp³-hybridized carbons (Fsp3) is 0.440. The van der Waals surface area contributed by atoms with Gasteiger partial charge in [0.15, 0.2) is 0 Å². The Balaban J connectivity index is 1.52. The highest BCUT2D eigenvalue weighted by molar-refractivity contribution is 5.29. The van der Waals surface area contributed by atoms with E-state index in [1.807, 2.05) is 6.08 Å². The largest absolute Gasteiger partial charge is 0.377 e. The molecule has 0 aromatic heterocycles. The number of allylic oxidation sites excluding steroid dienone is 1. The van der Waals surface area contributed by atoms with Crippen LogP contribution >= 0.6 is 0 Å². The lowest BCUT2D eigenvalue weighted by Gasteiger charge is -2.29. The summed E-state index contributed by atoms with van der Waals surface area (Å²) in [6, 6.07) is 18.3. The summed E-state index contributed by atoms with van der Waals surface area (Å²) in [4.78, 5) is 0. The molecule has 1 saturated carbocycles. The number of benzene rings is 2. The molecule has 1 aliphatic carbocycles. The second-order valence-corrected chi connectivity index (χ2v) is 7.58. The van der Waals surface area contributed by atoms with Crippen LogP contribution in [0.3, 0.4) is 0 Å². The van der Waals surface area contributed by atoms with Crippen molar-refractivity contribution in [2.45, 2.75) is 63.9 Å². The first-order valence-electron chi connectivity index (χ1n) is 10.2. The van der Waals surface area contributed by atoms with Gasteiger partial charge in [-0.1, -0.05) is 61.5 Å². The SMILES string of the molecule is C=CCc1ccc(C2CCC(c3ccc(COCCC)cc3)CC2)cc1. The second-order valence-electron chi connectivity index (χ2n) is 7.58. The summed E-state index contributed by atoms with van der Waals surface area (Å²) in [6.45, 7) is 7.56. The van der Waals surface area contributed by atoms with Crippen LogP contribution in [0.5, 0.6) is 0 Å². The molecule has 0 amide bonds. The summed E-state index contributed by atoms with van der Waals surface area (Å²) in [5, 5.41) is 0. The van der Waals surface area contributed by atoms with Gasteiger partial charge in [-0.2, -0.15) is 0 Å². The summed E-state index contributed by atoms with van der Waals surface area (Å²) < 4.78 is 5.64. The minimum absolute atomic E-state index is 0.719. The lowest BCUT2D eigenvalue weighted by molar-refractivity contribution is 0.121. The molecule has 26 heavy (non-hydrogen) atoms. The molecule has 2 aromatic rings. The van der Waals surface area contributed by atoms with E-state index in [0.717, 1.165) is 37.9 Å². The highest BCUT2D eigenvalue weighted by Crippen LogP contribution is 2.40. The van der Waals surface area contributed by atoms with Crippen LogP contribution in [-0.4, -0.2) is 6.61 Å². The molecule has 2 aromatic carbocycles. The second kappa shape index (κ2) is 9.73. The van der Waals surface area contributed by atoms with Crippen molar-refractivity contribution in [2.24, 2.45) is 0 Å². The molecule has 3 rings (SSSR count). The van der Waals surface area contributed by atoms with Crippen LogP contribution < -0.4 is 0 Å². The molecular weight excluding hydrogens is 316 g/mol. The van der Waals surface area contributed by atoms with Gasteiger partial charge >= 0.3 is 0 Å². The van der Waals surface area contributed by atoms with E-state index in [4.69, 9.17) is 4.74 Å². The minimum Gasteiger partial charge on any atom is -0.377 e. The molecule has 1 fully saturated rings. The summed E-state index contributed by atoms with van der Waals surface area (Å²) in [5.41, 5.74) is 5.67. The van der Waals surface area contributed by atoms with Crippen LogP contribution in [-0.2, 0) is 17.8 Å². The van der Waals surface area contributed by atoms with Crippen molar-refractivity contribution in [3.05, 3.63) is 83.4 Å². The van der Waals surface area contributed by atoms with E-state index in [0.29, 0.717) is 0 Å². The van der Waals surface area contributed by atoms with Crippen molar-refractivity contribution in [1.29, 1.82) is 0 Å². The fourth-order valence-corrected chi connectivity index (χ4v) is 4.07. The molecule has 0 radical (unpaired) electrons. The van der Waals surface area contributed by atoms with Crippen molar-refractivity contribution in [1.82, 2.24) is 0 Å². The average molecular weight is 349 g/mol. The first-order valence-corrected chi connectivity index (χ1v) is 10.2. The van der Waals surface area contributed by atoms with E-state index in [1.165, 1.54) is 47.9 Å². The van der Waals surface area contributed by atoms with Gasteiger partial charge in [-0.15, -0.1) is 6.58 Å². The molecule has 0 heterocycles. The normalized spacial score (nSPS) is 20.0. The Morgan fingerprint density at radius 2 is 1.35 bits per heavy atom. The van der Waals surface area contributed by atoms with Crippen LogP contribution in [0.4, 0.5) is 0 Å². The van der Waals surface area contributed by atoms with E-state index in [2.05, 4.69) is 62.0 Å². The topological polar surface area (TPSA) is 9.23 Å². The van der Waals surface area contributed by atoms with Crippen LogP contribution in [0, 0.1) is 0 Å². The molecule has 0 spiro atoms. The maximum atomic E-state index is 5.64. The molecule has 1 nitrogen and oxygen atoms in total. The Morgan fingerprint density at radius 3 is 1.81 bits per heavy atom. The van der Waals surface area contributed by atoms with Crippen molar-refractivity contribution < 1.29 is 4.74 Å². The maximum absolute atomic E-state index is 5.64. The standard InChI is InChI=1S/C25H32O/c1-3-5-20-6-10-22(11-7-20)24-14-16-25(17-15-24)23-12-8-21(9-13-23)19-26-18-4-2/h3,6-13,24-25H,1,4-5,14-19H2,2H3. The van der Waals surface area contributed by atoms with E-state index in [1.54, 1.807) is 0 Å². The van der Waals surface area contributed by atoms with E-state index in [9.17, 15) is 0 Å². The zero-order valence-corrected chi connectivity index (χ0v) is 16.1. The van der Waals surface area contributed by atoms with Crippen molar-refractivity contribution in [3.63, 3.8) is 0 Å². The quantitative estimate of drug-likeness (QED) is 0.377. The Labute approximate surface area is 159 Å². The lowest BCUT2D eigenvalue weighted by atomic mass is 9.76. The van der Waals surface area contributed by atoms with Crippen LogP contribution in [0.1, 0.15) is 73.1 Å². The van der Waals surface area contributed by atoms with Gasteiger partial charge in [-0.25, -0.2) is 0 Å². The summed E-state index contributed by atoms with van der Waals surface area (Å²) >= 11 is 0.